The standard InChI is InChI=1S/C30H33NO12/c1-13-24(32)17(31-7-8-41-20(12-31)40-2)9-19(42-13)43-18-11-30(39,29(37)38)10-16-21(18)28(36)23-22(27(16)35)25(33)14-5-3-4-6-15(14)26(23)34/h3-6,13,17-20,24,32,35-36,39H,7-12H2,1-2H3,(H,37,38). The molecule has 5 N–H and O–H groups in total. The van der Waals surface area contributed by atoms with Crippen LogP contribution in [0.25, 0.3) is 0 Å². The minimum Gasteiger partial charge on any atom is -0.507 e. The number of carbonyl (C=O) groups is 3. The minimum atomic E-state index is -2.44. The van der Waals surface area contributed by atoms with Gasteiger partial charge in [0.2, 0.25) is 0 Å². The van der Waals surface area contributed by atoms with Gasteiger partial charge in [0.15, 0.2) is 29.7 Å². The monoisotopic (exact) mass is 599 g/mol. The first-order valence-electron chi connectivity index (χ1n) is 14.1. The Morgan fingerprint density at radius 2 is 1.72 bits per heavy atom. The van der Waals surface area contributed by atoms with E-state index in [0.29, 0.717) is 19.7 Å². The Balaban J connectivity index is 1.40. The highest BCUT2D eigenvalue weighted by molar-refractivity contribution is 6.30. The third kappa shape index (κ3) is 4.81. The maximum Gasteiger partial charge on any atom is 0.336 e. The fourth-order valence-electron chi connectivity index (χ4n) is 6.70. The number of hydrogen-bond donors (Lipinski definition) is 5. The second kappa shape index (κ2) is 10.9. The lowest BCUT2D eigenvalue weighted by molar-refractivity contribution is -0.267. The molecule has 7 unspecified atom stereocenters. The molecule has 2 aliphatic heterocycles. The van der Waals surface area contributed by atoms with Crippen LogP contribution >= 0.6 is 0 Å². The maximum atomic E-state index is 13.5. The topological polar surface area (TPSA) is 193 Å². The quantitative estimate of drug-likeness (QED) is 0.260. The van der Waals surface area contributed by atoms with E-state index in [0.717, 1.165) is 0 Å². The average molecular weight is 600 g/mol. The Hall–Kier alpha value is -3.43. The van der Waals surface area contributed by atoms with Crippen LogP contribution in [0.15, 0.2) is 24.3 Å². The third-order valence-corrected chi connectivity index (χ3v) is 8.96. The molecule has 2 heterocycles. The van der Waals surface area contributed by atoms with Crippen molar-refractivity contribution in [2.75, 3.05) is 26.8 Å². The molecule has 0 amide bonds. The highest BCUT2D eigenvalue weighted by Crippen LogP contribution is 2.52. The molecule has 7 atom stereocenters. The molecule has 4 aliphatic rings. The predicted molar refractivity (Wildman–Crippen MR) is 145 cm³/mol. The van der Waals surface area contributed by atoms with E-state index < -0.39 is 95.5 Å². The lowest BCUT2D eigenvalue weighted by Crippen LogP contribution is -2.59. The number of aromatic hydroxyl groups is 2. The van der Waals surface area contributed by atoms with Gasteiger partial charge in [-0.05, 0) is 6.92 Å². The Kier molecular flexibility index (Phi) is 7.53. The number of rotatable bonds is 5. The molecule has 0 bridgehead atoms. The van der Waals surface area contributed by atoms with Crippen molar-refractivity contribution in [1.82, 2.24) is 4.90 Å². The van der Waals surface area contributed by atoms with Gasteiger partial charge < -0.3 is 44.5 Å². The Morgan fingerprint density at radius 3 is 2.35 bits per heavy atom. The first-order chi connectivity index (χ1) is 20.4. The number of morpholine rings is 1. The first-order valence-corrected chi connectivity index (χ1v) is 14.1. The molecule has 6 rings (SSSR count). The summed E-state index contributed by atoms with van der Waals surface area (Å²) in [6.07, 6.45) is -5.60. The fraction of sp³-hybridized carbons (Fsp3) is 0.500. The molecule has 13 nitrogen and oxygen atoms in total. The van der Waals surface area contributed by atoms with Gasteiger partial charge in [0, 0.05) is 67.8 Å². The summed E-state index contributed by atoms with van der Waals surface area (Å²) in [4.78, 5) is 41.1. The van der Waals surface area contributed by atoms with E-state index in [9.17, 15) is 39.9 Å². The van der Waals surface area contributed by atoms with E-state index in [4.69, 9.17) is 18.9 Å². The summed E-state index contributed by atoms with van der Waals surface area (Å²) >= 11 is 0. The highest BCUT2D eigenvalue weighted by Gasteiger charge is 2.51. The van der Waals surface area contributed by atoms with Crippen molar-refractivity contribution in [1.29, 1.82) is 0 Å². The van der Waals surface area contributed by atoms with Crippen molar-refractivity contribution < 1.29 is 58.9 Å². The van der Waals surface area contributed by atoms with Gasteiger partial charge in [0.25, 0.3) is 0 Å². The summed E-state index contributed by atoms with van der Waals surface area (Å²) in [6.45, 7) is 2.91. The molecule has 0 saturated carbocycles. The Morgan fingerprint density at radius 1 is 1.07 bits per heavy atom. The summed E-state index contributed by atoms with van der Waals surface area (Å²) in [5, 5.41) is 54.9. The number of nitrogens with zero attached hydrogens (tertiary/aromatic N) is 1. The van der Waals surface area contributed by atoms with Crippen LogP contribution in [0, 0.1) is 0 Å². The molecule has 2 saturated heterocycles. The SMILES string of the molecule is COC1CN(C2CC(OC3CC(O)(C(=O)O)Cc4c(O)c5c(c(O)c43)C(=O)c3ccccc3C5=O)OC(C)C2O)CCO1. The number of ketones is 2. The van der Waals surface area contributed by atoms with Gasteiger partial charge in [-0.25, -0.2) is 4.79 Å². The van der Waals surface area contributed by atoms with Crippen LogP contribution in [0.1, 0.15) is 68.8 Å². The summed E-state index contributed by atoms with van der Waals surface area (Å²) in [5.74, 6) is -4.34. The van der Waals surface area contributed by atoms with Crippen molar-refractivity contribution in [3.63, 3.8) is 0 Å². The number of phenolic OH excluding ortho intramolecular Hbond substituents is 2. The number of hydrogen-bond acceptors (Lipinski definition) is 12. The molecular weight excluding hydrogens is 566 g/mol. The largest absolute Gasteiger partial charge is 0.507 e. The minimum absolute atomic E-state index is 0.0276. The van der Waals surface area contributed by atoms with Crippen LogP contribution in [0.2, 0.25) is 0 Å². The van der Waals surface area contributed by atoms with Crippen LogP contribution < -0.4 is 0 Å². The van der Waals surface area contributed by atoms with Gasteiger partial charge in [0.05, 0.1) is 36.0 Å². The molecular formula is C30H33NO12. The number of carboxylic acids is 1. The molecule has 43 heavy (non-hydrogen) atoms. The number of aliphatic hydroxyl groups excluding tert-OH is 1. The first kappa shape index (κ1) is 29.6. The van der Waals surface area contributed by atoms with E-state index in [1.807, 2.05) is 4.90 Å². The van der Waals surface area contributed by atoms with Gasteiger partial charge in [-0.15, -0.1) is 0 Å². The number of methoxy groups -OCH3 is 1. The van der Waals surface area contributed by atoms with Crippen molar-refractivity contribution in [3.8, 4) is 11.5 Å². The Bertz CT molecular complexity index is 1490. The van der Waals surface area contributed by atoms with E-state index in [2.05, 4.69) is 0 Å². The van der Waals surface area contributed by atoms with Crippen LogP contribution in [0.5, 0.6) is 11.5 Å². The molecule has 230 valence electrons. The summed E-state index contributed by atoms with van der Waals surface area (Å²) in [6, 6.07) is 5.52. The predicted octanol–water partition coefficient (Wildman–Crippen LogP) is 0.862. The van der Waals surface area contributed by atoms with Crippen molar-refractivity contribution in [3.05, 3.63) is 57.6 Å². The molecule has 13 heteroatoms. The lowest BCUT2D eigenvalue weighted by atomic mass is 9.73. The van der Waals surface area contributed by atoms with E-state index in [1.54, 1.807) is 19.1 Å². The number of benzene rings is 2. The maximum absolute atomic E-state index is 13.5. The van der Waals surface area contributed by atoms with Gasteiger partial charge in [-0.1, -0.05) is 24.3 Å². The van der Waals surface area contributed by atoms with Gasteiger partial charge in [-0.3, -0.25) is 14.5 Å². The van der Waals surface area contributed by atoms with Crippen LogP contribution in [0.3, 0.4) is 0 Å². The Labute approximate surface area is 246 Å². The molecule has 2 aromatic rings. The van der Waals surface area contributed by atoms with Crippen molar-refractivity contribution >= 4 is 17.5 Å². The molecule has 2 aliphatic carbocycles. The van der Waals surface area contributed by atoms with Gasteiger partial charge in [0.1, 0.15) is 11.5 Å². The summed E-state index contributed by atoms with van der Waals surface area (Å²) in [5.41, 5.74) is -3.56. The normalized spacial score (nSPS) is 32.6. The second-order valence-electron chi connectivity index (χ2n) is 11.5. The molecule has 0 radical (unpaired) electrons. The van der Waals surface area contributed by atoms with Gasteiger partial charge in [-0.2, -0.15) is 0 Å². The van der Waals surface area contributed by atoms with E-state index >= 15 is 0 Å². The van der Waals surface area contributed by atoms with E-state index in [1.165, 1.54) is 19.2 Å². The second-order valence-corrected chi connectivity index (χ2v) is 11.5. The number of carboxylic acid groups (broad SMARTS) is 1. The fourth-order valence-corrected chi connectivity index (χ4v) is 6.70. The molecule has 2 aromatic carbocycles. The number of phenols is 2. The zero-order chi connectivity index (χ0) is 30.8. The van der Waals surface area contributed by atoms with Gasteiger partial charge >= 0.3 is 5.97 Å². The van der Waals surface area contributed by atoms with Crippen molar-refractivity contribution in [2.24, 2.45) is 0 Å². The van der Waals surface area contributed by atoms with E-state index in [-0.39, 0.29) is 28.7 Å². The number of aliphatic hydroxyl groups is 2. The van der Waals surface area contributed by atoms with Crippen molar-refractivity contribution in [2.45, 2.75) is 68.7 Å². The molecule has 0 spiro atoms. The smallest absolute Gasteiger partial charge is 0.336 e. The van der Waals surface area contributed by atoms with Crippen LogP contribution in [-0.2, 0) is 30.2 Å². The zero-order valence-electron chi connectivity index (χ0n) is 23.6. The zero-order valence-corrected chi connectivity index (χ0v) is 23.6. The summed E-state index contributed by atoms with van der Waals surface area (Å²) < 4.78 is 23.1. The number of fused-ring (bicyclic) bond motifs is 3. The third-order valence-electron chi connectivity index (χ3n) is 8.96. The highest BCUT2D eigenvalue weighted by atomic mass is 16.7. The van der Waals surface area contributed by atoms with Crippen LogP contribution in [0.4, 0.5) is 0 Å². The number of aliphatic carboxylic acids is 1. The number of carbonyl (C=O) groups excluding carboxylic acids is 2. The number of ether oxygens (including phenoxy) is 4. The average Bonchev–Trinajstić information content (AvgIpc) is 2.99. The molecule has 0 aromatic heterocycles. The molecule has 2 fully saturated rings. The summed E-state index contributed by atoms with van der Waals surface area (Å²) in [7, 11) is 1.52. The van der Waals surface area contributed by atoms with Crippen LogP contribution in [-0.4, -0.2) is 111 Å². The lowest BCUT2D eigenvalue weighted by Gasteiger charge is -2.46.